The number of furan rings is 1. The van der Waals surface area contributed by atoms with Crippen LogP contribution in [-0.2, 0) is 0 Å². The lowest BCUT2D eigenvalue weighted by atomic mass is 9.94. The Labute approximate surface area is 133 Å². The van der Waals surface area contributed by atoms with Gasteiger partial charge in [0.2, 0.25) is 0 Å². The van der Waals surface area contributed by atoms with Gasteiger partial charge in [0.15, 0.2) is 5.76 Å². The maximum Gasteiger partial charge on any atom is 0.287 e. The second-order valence-electron chi connectivity index (χ2n) is 5.49. The highest BCUT2D eigenvalue weighted by Gasteiger charge is 2.28. The number of amides is 1. The molecule has 1 N–H and O–H groups in total. The number of benzene rings is 2. The van der Waals surface area contributed by atoms with Crippen molar-refractivity contribution in [3.05, 3.63) is 83.3 Å². The summed E-state index contributed by atoms with van der Waals surface area (Å²) >= 11 is 0. The van der Waals surface area contributed by atoms with E-state index < -0.39 is 0 Å². The van der Waals surface area contributed by atoms with Gasteiger partial charge in [-0.05, 0) is 31.2 Å². The molecule has 0 radical (unpaired) electrons. The molecule has 1 amide bonds. The predicted octanol–water partition coefficient (Wildman–Crippen LogP) is 4.21. The van der Waals surface area contributed by atoms with Gasteiger partial charge in [-0.25, -0.2) is 0 Å². The highest BCUT2D eigenvalue weighted by molar-refractivity contribution is 5.92. The standard InChI is InChI=1S/C19H15NO3/c1-12-10-11-17(22-12)19(21)20-18-13-6-2-4-8-15(13)23-16-9-5-3-7-14(16)18/h2-11,18H,1H3,(H,20,21). The number of nitrogens with one attached hydrogen (secondary N) is 1. The Morgan fingerprint density at radius 1 is 0.913 bits per heavy atom. The van der Waals surface area contributed by atoms with Gasteiger partial charge in [-0.1, -0.05) is 36.4 Å². The van der Waals surface area contributed by atoms with Crippen LogP contribution >= 0.6 is 0 Å². The van der Waals surface area contributed by atoms with Crippen molar-refractivity contribution in [2.45, 2.75) is 13.0 Å². The van der Waals surface area contributed by atoms with Gasteiger partial charge in [-0.2, -0.15) is 0 Å². The lowest BCUT2D eigenvalue weighted by molar-refractivity contribution is 0.0912. The number of aryl methyl sites for hydroxylation is 1. The maximum atomic E-state index is 12.5. The Morgan fingerprint density at radius 3 is 2.09 bits per heavy atom. The van der Waals surface area contributed by atoms with Crippen molar-refractivity contribution in [2.24, 2.45) is 0 Å². The SMILES string of the molecule is Cc1ccc(C(=O)NC2c3ccccc3Oc3ccccc32)o1. The Kier molecular flexibility index (Phi) is 3.15. The minimum absolute atomic E-state index is 0.241. The van der Waals surface area contributed by atoms with Gasteiger partial charge in [-0.15, -0.1) is 0 Å². The molecule has 4 heteroatoms. The van der Waals surface area contributed by atoms with E-state index in [2.05, 4.69) is 5.32 Å². The van der Waals surface area contributed by atoms with E-state index in [0.29, 0.717) is 11.5 Å². The second-order valence-corrected chi connectivity index (χ2v) is 5.49. The lowest BCUT2D eigenvalue weighted by Gasteiger charge is -2.28. The molecule has 0 spiro atoms. The van der Waals surface area contributed by atoms with Crippen LogP contribution in [0.3, 0.4) is 0 Å². The monoisotopic (exact) mass is 305 g/mol. The third-order valence-electron chi connectivity index (χ3n) is 3.92. The zero-order chi connectivity index (χ0) is 15.8. The van der Waals surface area contributed by atoms with Gasteiger partial charge in [0, 0.05) is 11.1 Å². The first-order valence-electron chi connectivity index (χ1n) is 7.45. The van der Waals surface area contributed by atoms with E-state index in [0.717, 1.165) is 22.6 Å². The Morgan fingerprint density at radius 2 is 1.52 bits per heavy atom. The molecule has 4 nitrogen and oxygen atoms in total. The first-order chi connectivity index (χ1) is 11.2. The number of fused-ring (bicyclic) bond motifs is 2. The fourth-order valence-corrected chi connectivity index (χ4v) is 2.82. The molecule has 3 aromatic rings. The smallest absolute Gasteiger partial charge is 0.287 e. The number of rotatable bonds is 2. The fourth-order valence-electron chi connectivity index (χ4n) is 2.82. The molecule has 0 fully saturated rings. The third-order valence-corrected chi connectivity index (χ3v) is 3.92. The number of hydrogen-bond donors (Lipinski definition) is 1. The molecule has 23 heavy (non-hydrogen) atoms. The topological polar surface area (TPSA) is 51.5 Å². The van der Waals surface area contributed by atoms with Gasteiger partial charge in [0.05, 0.1) is 6.04 Å². The Balaban J connectivity index is 1.74. The van der Waals surface area contributed by atoms with E-state index in [9.17, 15) is 4.79 Å². The predicted molar refractivity (Wildman–Crippen MR) is 85.7 cm³/mol. The summed E-state index contributed by atoms with van der Waals surface area (Å²) in [5.41, 5.74) is 1.87. The van der Waals surface area contributed by atoms with Crippen molar-refractivity contribution >= 4 is 5.91 Å². The first kappa shape index (κ1) is 13.6. The summed E-state index contributed by atoms with van der Waals surface area (Å²) in [5, 5.41) is 3.05. The van der Waals surface area contributed by atoms with Gasteiger partial charge < -0.3 is 14.5 Å². The van der Waals surface area contributed by atoms with Crippen LogP contribution in [0.25, 0.3) is 0 Å². The van der Waals surface area contributed by atoms with E-state index in [4.69, 9.17) is 9.15 Å². The molecule has 0 aliphatic carbocycles. The molecule has 0 unspecified atom stereocenters. The quantitative estimate of drug-likeness (QED) is 0.771. The fraction of sp³-hybridized carbons (Fsp3) is 0.105. The van der Waals surface area contributed by atoms with Crippen molar-refractivity contribution in [3.63, 3.8) is 0 Å². The minimum Gasteiger partial charge on any atom is -0.457 e. The van der Waals surface area contributed by atoms with Crippen molar-refractivity contribution in [2.75, 3.05) is 0 Å². The van der Waals surface area contributed by atoms with Gasteiger partial charge in [0.25, 0.3) is 5.91 Å². The molecule has 2 heterocycles. The molecule has 2 aromatic carbocycles. The molecule has 0 atom stereocenters. The molecule has 1 aliphatic heterocycles. The lowest BCUT2D eigenvalue weighted by Crippen LogP contribution is -2.31. The summed E-state index contributed by atoms with van der Waals surface area (Å²) < 4.78 is 11.3. The third kappa shape index (κ3) is 2.38. The highest BCUT2D eigenvalue weighted by atomic mass is 16.5. The van der Waals surface area contributed by atoms with E-state index in [-0.39, 0.29) is 11.9 Å². The number of carbonyl (C=O) groups is 1. The molecule has 0 saturated heterocycles. The highest BCUT2D eigenvalue weighted by Crippen LogP contribution is 2.42. The minimum atomic E-state index is -0.269. The molecule has 114 valence electrons. The molecule has 4 rings (SSSR count). The molecule has 1 aromatic heterocycles. The van der Waals surface area contributed by atoms with Crippen LogP contribution in [0.4, 0.5) is 0 Å². The maximum absolute atomic E-state index is 12.5. The normalized spacial score (nSPS) is 12.9. The first-order valence-corrected chi connectivity index (χ1v) is 7.45. The van der Waals surface area contributed by atoms with E-state index in [1.165, 1.54) is 0 Å². The average molecular weight is 305 g/mol. The van der Waals surface area contributed by atoms with Crippen LogP contribution in [0.5, 0.6) is 11.5 Å². The zero-order valence-corrected chi connectivity index (χ0v) is 12.6. The van der Waals surface area contributed by atoms with Crippen molar-refractivity contribution in [1.82, 2.24) is 5.32 Å². The van der Waals surface area contributed by atoms with Crippen LogP contribution < -0.4 is 10.1 Å². The summed E-state index contributed by atoms with van der Waals surface area (Å²) in [7, 11) is 0. The zero-order valence-electron chi connectivity index (χ0n) is 12.6. The van der Waals surface area contributed by atoms with Crippen molar-refractivity contribution in [1.29, 1.82) is 0 Å². The van der Waals surface area contributed by atoms with Crippen LogP contribution in [-0.4, -0.2) is 5.91 Å². The van der Waals surface area contributed by atoms with Crippen molar-refractivity contribution in [3.8, 4) is 11.5 Å². The average Bonchev–Trinajstić information content (AvgIpc) is 3.01. The van der Waals surface area contributed by atoms with Gasteiger partial charge >= 0.3 is 0 Å². The van der Waals surface area contributed by atoms with Gasteiger partial charge in [-0.3, -0.25) is 4.79 Å². The largest absolute Gasteiger partial charge is 0.457 e. The van der Waals surface area contributed by atoms with Crippen LogP contribution in [0.1, 0.15) is 33.5 Å². The summed E-state index contributed by atoms with van der Waals surface area (Å²) in [6.07, 6.45) is 0. The second kappa shape index (κ2) is 5.32. The summed E-state index contributed by atoms with van der Waals surface area (Å²) in [6.45, 7) is 1.82. The molecular weight excluding hydrogens is 290 g/mol. The van der Waals surface area contributed by atoms with Gasteiger partial charge in [0.1, 0.15) is 17.3 Å². The summed E-state index contributed by atoms with van der Waals surface area (Å²) in [5.74, 6) is 2.29. The van der Waals surface area contributed by atoms with Crippen molar-refractivity contribution < 1.29 is 13.9 Å². The molecule has 0 saturated carbocycles. The Bertz CT molecular complexity index is 836. The van der Waals surface area contributed by atoms with Crippen LogP contribution in [0, 0.1) is 6.92 Å². The number of ether oxygens (including phenoxy) is 1. The van der Waals surface area contributed by atoms with E-state index in [1.54, 1.807) is 12.1 Å². The molecule has 0 bridgehead atoms. The number of para-hydroxylation sites is 2. The number of hydrogen-bond acceptors (Lipinski definition) is 3. The Hall–Kier alpha value is -3.01. The van der Waals surface area contributed by atoms with E-state index >= 15 is 0 Å². The number of carbonyl (C=O) groups excluding carboxylic acids is 1. The van der Waals surface area contributed by atoms with E-state index in [1.807, 2.05) is 55.5 Å². The van der Waals surface area contributed by atoms with Crippen LogP contribution in [0.2, 0.25) is 0 Å². The molecular formula is C19H15NO3. The summed E-state index contributed by atoms with van der Waals surface area (Å²) in [6, 6.07) is 18.6. The molecule has 1 aliphatic rings. The summed E-state index contributed by atoms with van der Waals surface area (Å²) in [4.78, 5) is 12.5. The van der Waals surface area contributed by atoms with Crippen LogP contribution in [0.15, 0.2) is 65.1 Å².